The van der Waals surface area contributed by atoms with Crippen LogP contribution in [0.3, 0.4) is 0 Å². The zero-order chi connectivity index (χ0) is 19.1. The molecule has 0 saturated carbocycles. The van der Waals surface area contributed by atoms with Crippen molar-refractivity contribution in [3.05, 3.63) is 59.4 Å². The molecular formula is C21H29N3O3. The number of methoxy groups -OCH3 is 1. The highest BCUT2D eigenvalue weighted by Crippen LogP contribution is 2.15. The molecule has 0 amide bonds. The van der Waals surface area contributed by atoms with Gasteiger partial charge in [-0.05, 0) is 23.8 Å². The van der Waals surface area contributed by atoms with Crippen LogP contribution in [0.15, 0.2) is 42.6 Å². The maximum atomic E-state index is 12.1. The fourth-order valence-electron chi connectivity index (χ4n) is 3.42. The van der Waals surface area contributed by atoms with E-state index in [0.717, 1.165) is 51.5 Å². The molecule has 0 aliphatic carbocycles. The highest BCUT2D eigenvalue weighted by atomic mass is 16.5. The Hall–Kier alpha value is -2.15. The van der Waals surface area contributed by atoms with E-state index < -0.39 is 0 Å². The van der Waals surface area contributed by atoms with Gasteiger partial charge in [0.2, 0.25) is 0 Å². The zero-order valence-corrected chi connectivity index (χ0v) is 16.3. The van der Waals surface area contributed by atoms with Gasteiger partial charge in [-0.2, -0.15) is 0 Å². The van der Waals surface area contributed by atoms with Crippen molar-refractivity contribution in [1.82, 2.24) is 14.4 Å². The van der Waals surface area contributed by atoms with Gasteiger partial charge < -0.3 is 14.0 Å². The van der Waals surface area contributed by atoms with E-state index in [2.05, 4.69) is 39.7 Å². The number of carbonyl (C=O) groups is 1. The summed E-state index contributed by atoms with van der Waals surface area (Å²) in [6.07, 6.45) is 2.07. The Morgan fingerprint density at radius 1 is 1.15 bits per heavy atom. The third kappa shape index (κ3) is 5.42. The van der Waals surface area contributed by atoms with Crippen LogP contribution in [0.25, 0.3) is 0 Å². The predicted octanol–water partition coefficient (Wildman–Crippen LogP) is 2.15. The molecule has 146 valence electrons. The Labute approximate surface area is 161 Å². The number of hydrogen-bond donors (Lipinski definition) is 0. The largest absolute Gasteiger partial charge is 0.465 e. The molecule has 0 N–H and O–H groups in total. The normalized spacial score (nSPS) is 15.2. The number of morpholine rings is 1. The number of hydrogen-bond acceptors (Lipinski definition) is 5. The molecule has 1 aromatic carbocycles. The van der Waals surface area contributed by atoms with Crippen LogP contribution in [0.4, 0.5) is 0 Å². The van der Waals surface area contributed by atoms with Crippen LogP contribution in [0.1, 0.15) is 21.6 Å². The summed E-state index contributed by atoms with van der Waals surface area (Å²) in [6.45, 7) is 7.05. The first-order valence-corrected chi connectivity index (χ1v) is 9.46. The van der Waals surface area contributed by atoms with Gasteiger partial charge in [0.05, 0.1) is 25.9 Å². The first-order chi connectivity index (χ1) is 13.2. The molecule has 1 aliphatic heterocycles. The predicted molar refractivity (Wildman–Crippen MR) is 105 cm³/mol. The second-order valence-corrected chi connectivity index (χ2v) is 6.92. The number of benzene rings is 1. The molecule has 0 bridgehead atoms. The highest BCUT2D eigenvalue weighted by Gasteiger charge is 2.17. The van der Waals surface area contributed by atoms with Crippen LogP contribution in [0.2, 0.25) is 0 Å². The monoisotopic (exact) mass is 371 g/mol. The number of nitrogens with zero attached hydrogens (tertiary/aromatic N) is 3. The molecular weight excluding hydrogens is 342 g/mol. The number of ether oxygens (including phenoxy) is 2. The van der Waals surface area contributed by atoms with Gasteiger partial charge in [0, 0.05) is 58.2 Å². The molecule has 0 radical (unpaired) electrons. The molecule has 6 nitrogen and oxygen atoms in total. The van der Waals surface area contributed by atoms with Crippen molar-refractivity contribution in [3.63, 3.8) is 0 Å². The Morgan fingerprint density at radius 3 is 2.63 bits per heavy atom. The van der Waals surface area contributed by atoms with Gasteiger partial charge in [-0.1, -0.05) is 18.2 Å². The molecule has 0 atom stereocenters. The summed E-state index contributed by atoms with van der Waals surface area (Å²) >= 11 is 0. The first kappa shape index (κ1) is 19.6. The van der Waals surface area contributed by atoms with Crippen molar-refractivity contribution < 1.29 is 14.3 Å². The van der Waals surface area contributed by atoms with E-state index in [1.807, 2.05) is 24.3 Å². The summed E-state index contributed by atoms with van der Waals surface area (Å²) in [5.41, 5.74) is 2.90. The molecule has 1 fully saturated rings. The van der Waals surface area contributed by atoms with Crippen LogP contribution >= 0.6 is 0 Å². The number of rotatable bonds is 8. The Kier molecular flexibility index (Phi) is 7.04. The third-order valence-corrected chi connectivity index (χ3v) is 5.09. The van der Waals surface area contributed by atoms with Crippen molar-refractivity contribution in [2.24, 2.45) is 7.05 Å². The average Bonchev–Trinajstić information content (AvgIpc) is 3.11. The standard InChI is InChI=1S/C21H29N3O3/c1-22-9-5-7-19(22)17-24(11-10-23-12-14-27-15-13-23)16-18-6-3-4-8-20(18)21(25)26-2/h3-9H,10-17H2,1-2H3. The lowest BCUT2D eigenvalue weighted by atomic mass is 10.1. The third-order valence-electron chi connectivity index (χ3n) is 5.09. The Balaban J connectivity index is 1.73. The van der Waals surface area contributed by atoms with Gasteiger partial charge in [-0.15, -0.1) is 0 Å². The maximum Gasteiger partial charge on any atom is 0.338 e. The zero-order valence-electron chi connectivity index (χ0n) is 16.3. The fraction of sp³-hybridized carbons (Fsp3) is 0.476. The molecule has 2 heterocycles. The SMILES string of the molecule is COC(=O)c1ccccc1CN(CCN1CCOCC1)Cc1cccn1C. The van der Waals surface area contributed by atoms with Crippen LogP contribution in [-0.4, -0.2) is 66.8 Å². The lowest BCUT2D eigenvalue weighted by Gasteiger charge is -2.30. The summed E-state index contributed by atoms with van der Waals surface area (Å²) in [4.78, 5) is 17.0. The Bertz CT molecular complexity index is 738. The molecule has 27 heavy (non-hydrogen) atoms. The van der Waals surface area contributed by atoms with E-state index in [1.165, 1.54) is 12.8 Å². The topological polar surface area (TPSA) is 46.9 Å². The van der Waals surface area contributed by atoms with Crippen molar-refractivity contribution in [2.75, 3.05) is 46.5 Å². The smallest absolute Gasteiger partial charge is 0.338 e. The van der Waals surface area contributed by atoms with E-state index in [9.17, 15) is 4.79 Å². The number of carbonyl (C=O) groups excluding carboxylic acids is 1. The van der Waals surface area contributed by atoms with E-state index in [-0.39, 0.29) is 5.97 Å². The van der Waals surface area contributed by atoms with Crippen molar-refractivity contribution in [3.8, 4) is 0 Å². The first-order valence-electron chi connectivity index (χ1n) is 9.46. The Morgan fingerprint density at radius 2 is 1.93 bits per heavy atom. The molecule has 2 aromatic rings. The number of aromatic nitrogens is 1. The van der Waals surface area contributed by atoms with Crippen LogP contribution < -0.4 is 0 Å². The van der Waals surface area contributed by atoms with Gasteiger partial charge in [-0.25, -0.2) is 4.79 Å². The average molecular weight is 371 g/mol. The summed E-state index contributed by atoms with van der Waals surface area (Å²) in [5, 5.41) is 0. The molecule has 1 aromatic heterocycles. The van der Waals surface area contributed by atoms with E-state index in [4.69, 9.17) is 9.47 Å². The molecule has 3 rings (SSSR count). The molecule has 0 unspecified atom stereocenters. The van der Waals surface area contributed by atoms with Gasteiger partial charge in [0.15, 0.2) is 0 Å². The lowest BCUT2D eigenvalue weighted by molar-refractivity contribution is 0.0323. The van der Waals surface area contributed by atoms with Crippen LogP contribution in [0, 0.1) is 0 Å². The summed E-state index contributed by atoms with van der Waals surface area (Å²) < 4.78 is 12.5. The second-order valence-electron chi connectivity index (χ2n) is 6.92. The fourth-order valence-corrected chi connectivity index (χ4v) is 3.42. The van der Waals surface area contributed by atoms with E-state index in [0.29, 0.717) is 12.1 Å². The van der Waals surface area contributed by atoms with Gasteiger partial charge in [0.25, 0.3) is 0 Å². The second kappa shape index (κ2) is 9.69. The van der Waals surface area contributed by atoms with Gasteiger partial charge in [-0.3, -0.25) is 9.80 Å². The van der Waals surface area contributed by atoms with Crippen molar-refractivity contribution in [2.45, 2.75) is 13.1 Å². The summed E-state index contributed by atoms with van der Waals surface area (Å²) in [5.74, 6) is -0.280. The van der Waals surface area contributed by atoms with Gasteiger partial charge >= 0.3 is 5.97 Å². The minimum Gasteiger partial charge on any atom is -0.465 e. The quantitative estimate of drug-likeness (QED) is 0.666. The molecule has 1 saturated heterocycles. The lowest BCUT2D eigenvalue weighted by Crippen LogP contribution is -2.41. The number of esters is 1. The minimum absolute atomic E-state index is 0.280. The minimum atomic E-state index is -0.280. The summed E-state index contributed by atoms with van der Waals surface area (Å²) in [7, 11) is 3.50. The van der Waals surface area contributed by atoms with Crippen LogP contribution in [0.5, 0.6) is 0 Å². The van der Waals surface area contributed by atoms with Gasteiger partial charge in [0.1, 0.15) is 0 Å². The number of aryl methyl sites for hydroxylation is 1. The van der Waals surface area contributed by atoms with E-state index in [1.54, 1.807) is 0 Å². The van der Waals surface area contributed by atoms with Crippen LogP contribution in [-0.2, 0) is 29.6 Å². The van der Waals surface area contributed by atoms with Crippen molar-refractivity contribution >= 4 is 5.97 Å². The molecule has 0 spiro atoms. The highest BCUT2D eigenvalue weighted by molar-refractivity contribution is 5.90. The van der Waals surface area contributed by atoms with E-state index >= 15 is 0 Å². The van der Waals surface area contributed by atoms with Crippen molar-refractivity contribution in [1.29, 1.82) is 0 Å². The molecule has 6 heteroatoms. The summed E-state index contributed by atoms with van der Waals surface area (Å²) in [6, 6.07) is 11.9. The maximum absolute atomic E-state index is 12.1. The molecule has 1 aliphatic rings.